The van der Waals surface area contributed by atoms with E-state index in [-0.39, 0.29) is 60.8 Å². The second kappa shape index (κ2) is 22.4. The van der Waals surface area contributed by atoms with E-state index in [2.05, 4.69) is 42.6 Å². The fraction of sp³-hybridized carbons (Fsp3) is 0.532. The molecule has 348 valence electrons. The summed E-state index contributed by atoms with van der Waals surface area (Å²) in [4.78, 5) is 93.4. The SMILES string of the molecule is CC1(CN)CCN(c2cnc(Sc3cccc(NC(=O)CCC(=O)N4CCN(CCCCCCCCC(=O)Nc5ccc6c(c5)CN(C5CCC(=O)NC5=O)C6=O)CC4)c3Cl)cn2)CC1. The van der Waals surface area contributed by atoms with Crippen LogP contribution in [-0.4, -0.2) is 119 Å². The van der Waals surface area contributed by atoms with E-state index in [0.29, 0.717) is 59.5 Å². The fourth-order valence-electron chi connectivity index (χ4n) is 8.82. The van der Waals surface area contributed by atoms with Crippen LogP contribution in [0.4, 0.5) is 17.2 Å². The molecule has 0 bridgehead atoms. The molecule has 0 radical (unpaired) electrons. The third-order valence-electron chi connectivity index (χ3n) is 13.1. The van der Waals surface area contributed by atoms with Gasteiger partial charge >= 0.3 is 0 Å². The van der Waals surface area contributed by atoms with Gasteiger partial charge in [0.25, 0.3) is 5.91 Å². The van der Waals surface area contributed by atoms with E-state index in [1.54, 1.807) is 36.7 Å². The molecule has 0 spiro atoms. The molecule has 16 nitrogen and oxygen atoms in total. The summed E-state index contributed by atoms with van der Waals surface area (Å²) in [5.41, 5.74) is 8.52. The summed E-state index contributed by atoms with van der Waals surface area (Å²) in [5, 5.41) is 9.25. The molecule has 4 aliphatic heterocycles. The Hall–Kier alpha value is -5.10. The number of nitrogens with one attached hydrogen (secondary N) is 3. The highest BCUT2D eigenvalue weighted by Crippen LogP contribution is 2.37. The molecule has 5 heterocycles. The molecule has 6 amide bonds. The lowest BCUT2D eigenvalue weighted by atomic mass is 9.80. The van der Waals surface area contributed by atoms with Crippen LogP contribution in [0.25, 0.3) is 0 Å². The normalized spacial score (nSPS) is 18.7. The first kappa shape index (κ1) is 47.9. The van der Waals surface area contributed by atoms with E-state index in [9.17, 15) is 28.8 Å². The third-order valence-corrected chi connectivity index (χ3v) is 14.6. The number of nitrogens with zero attached hydrogens (tertiary/aromatic N) is 6. The smallest absolute Gasteiger partial charge is 0.255 e. The van der Waals surface area contributed by atoms with Crippen LogP contribution in [0.1, 0.15) is 106 Å². The van der Waals surface area contributed by atoms with Crippen LogP contribution in [0.3, 0.4) is 0 Å². The largest absolute Gasteiger partial charge is 0.355 e. The van der Waals surface area contributed by atoms with Crippen LogP contribution in [0.2, 0.25) is 5.02 Å². The number of carbonyl (C=O) groups excluding carboxylic acids is 6. The standard InChI is InChI=1S/C47H61ClN10O6S/c1-47(31-49)18-21-56(22-19-47)38-28-51-42(29-50-38)65-37-10-8-9-35(44(37)48)53-40(60)16-17-43(62)57-25-23-55(24-26-57)20-7-5-3-2-4-6-11-39(59)52-33-12-13-34-32(27-33)30-58(46(34)64)36-14-15-41(61)54-45(36)63/h8-10,12-13,27-29,36H,2-7,11,14-26,30-31,49H2,1H3,(H,52,59)(H,53,60)(H,54,61,63). The molecule has 5 N–H and O–H groups in total. The van der Waals surface area contributed by atoms with Crippen molar-refractivity contribution < 1.29 is 28.8 Å². The molecule has 1 atom stereocenters. The Labute approximate surface area is 390 Å². The number of anilines is 3. The van der Waals surface area contributed by atoms with Crippen molar-refractivity contribution in [2.45, 2.75) is 113 Å². The summed E-state index contributed by atoms with van der Waals surface area (Å²) >= 11 is 8.10. The number of hydrogen-bond donors (Lipinski definition) is 4. The number of aromatic nitrogens is 2. The van der Waals surface area contributed by atoms with Gasteiger partial charge in [-0.15, -0.1) is 0 Å². The maximum Gasteiger partial charge on any atom is 0.255 e. The van der Waals surface area contributed by atoms with E-state index in [1.165, 1.54) is 16.7 Å². The minimum absolute atomic E-state index is 0.0222. The number of fused-ring (bicyclic) bond motifs is 1. The highest BCUT2D eigenvalue weighted by atomic mass is 35.5. The number of rotatable bonds is 19. The molecule has 2 aromatic carbocycles. The molecule has 18 heteroatoms. The lowest BCUT2D eigenvalue weighted by Gasteiger charge is -2.39. The van der Waals surface area contributed by atoms with Gasteiger partial charge in [0, 0.05) is 87.6 Å². The number of halogens is 1. The average molecular weight is 930 g/mol. The number of unbranched alkanes of at least 4 members (excludes halogenated alkanes) is 5. The van der Waals surface area contributed by atoms with E-state index >= 15 is 0 Å². The molecular weight excluding hydrogens is 868 g/mol. The van der Waals surface area contributed by atoms with Gasteiger partial charge < -0.3 is 31.1 Å². The number of nitrogens with two attached hydrogens (primary N) is 1. The third kappa shape index (κ3) is 12.8. The Kier molecular flexibility index (Phi) is 16.5. The summed E-state index contributed by atoms with van der Waals surface area (Å²) in [7, 11) is 0. The van der Waals surface area contributed by atoms with Crippen LogP contribution in [-0.2, 0) is 30.5 Å². The predicted molar refractivity (Wildman–Crippen MR) is 251 cm³/mol. The first-order chi connectivity index (χ1) is 31.4. The maximum atomic E-state index is 13.0. The number of amides is 6. The zero-order valence-corrected chi connectivity index (χ0v) is 38.8. The van der Waals surface area contributed by atoms with Crippen LogP contribution in [0, 0.1) is 5.41 Å². The van der Waals surface area contributed by atoms with E-state index in [4.69, 9.17) is 17.3 Å². The van der Waals surface area contributed by atoms with Crippen LogP contribution >= 0.6 is 23.4 Å². The van der Waals surface area contributed by atoms with Gasteiger partial charge in [-0.2, -0.15) is 0 Å². The number of benzene rings is 2. The number of hydrogen-bond acceptors (Lipinski definition) is 12. The number of imide groups is 1. The maximum absolute atomic E-state index is 13.0. The molecule has 0 saturated carbocycles. The van der Waals surface area contributed by atoms with Gasteiger partial charge in [-0.05, 0) is 86.5 Å². The first-order valence-electron chi connectivity index (χ1n) is 23.0. The lowest BCUT2D eigenvalue weighted by molar-refractivity contribution is -0.137. The summed E-state index contributed by atoms with van der Waals surface area (Å²) in [6, 6.07) is 9.98. The topological polar surface area (TPSA) is 203 Å². The molecule has 65 heavy (non-hydrogen) atoms. The van der Waals surface area contributed by atoms with Gasteiger partial charge in [0.05, 0.1) is 23.1 Å². The van der Waals surface area contributed by atoms with E-state index in [0.717, 1.165) is 100 Å². The van der Waals surface area contributed by atoms with Crippen molar-refractivity contribution in [1.29, 1.82) is 0 Å². The number of piperidine rings is 2. The Bertz CT molecular complexity index is 2210. The van der Waals surface area contributed by atoms with Crippen molar-refractivity contribution in [3.8, 4) is 0 Å². The molecule has 3 saturated heterocycles. The molecule has 3 aromatic rings. The lowest BCUT2D eigenvalue weighted by Crippen LogP contribution is -2.52. The minimum Gasteiger partial charge on any atom is -0.355 e. The average Bonchev–Trinajstić information content (AvgIpc) is 3.62. The van der Waals surface area contributed by atoms with Crippen molar-refractivity contribution in [3.05, 3.63) is 64.9 Å². The summed E-state index contributed by atoms with van der Waals surface area (Å²) < 4.78 is 0. The number of piperazine rings is 1. The Morgan fingerprint density at radius 3 is 2.34 bits per heavy atom. The summed E-state index contributed by atoms with van der Waals surface area (Å²) in [6.07, 6.45) is 12.8. The van der Waals surface area contributed by atoms with Gasteiger partial charge in [0.1, 0.15) is 16.9 Å². The zero-order chi connectivity index (χ0) is 45.9. The molecule has 7 rings (SSSR count). The Morgan fingerprint density at radius 2 is 1.62 bits per heavy atom. The second-order valence-electron chi connectivity index (χ2n) is 17.9. The van der Waals surface area contributed by atoms with Gasteiger partial charge in [-0.1, -0.05) is 62.0 Å². The van der Waals surface area contributed by atoms with Crippen molar-refractivity contribution >= 4 is 76.0 Å². The van der Waals surface area contributed by atoms with Gasteiger partial charge in [0.2, 0.25) is 29.5 Å². The van der Waals surface area contributed by atoms with Crippen LogP contribution in [0.15, 0.2) is 58.7 Å². The molecule has 0 aliphatic carbocycles. The minimum atomic E-state index is -0.672. The Morgan fingerprint density at radius 1 is 0.877 bits per heavy atom. The summed E-state index contributed by atoms with van der Waals surface area (Å²) in [6.45, 7) is 8.88. The second-order valence-corrected chi connectivity index (χ2v) is 19.3. The van der Waals surface area contributed by atoms with Gasteiger partial charge in [0.15, 0.2) is 0 Å². The highest BCUT2D eigenvalue weighted by molar-refractivity contribution is 7.99. The number of carbonyl (C=O) groups is 6. The van der Waals surface area contributed by atoms with E-state index in [1.807, 2.05) is 17.0 Å². The fourth-order valence-corrected chi connectivity index (χ4v) is 9.89. The molecular formula is C47H61ClN10O6S. The monoisotopic (exact) mass is 928 g/mol. The van der Waals surface area contributed by atoms with E-state index < -0.39 is 11.9 Å². The van der Waals surface area contributed by atoms with Crippen molar-refractivity contribution in [1.82, 2.24) is 30.0 Å². The molecule has 1 unspecified atom stereocenters. The first-order valence-corrected chi connectivity index (χ1v) is 24.2. The van der Waals surface area contributed by atoms with Crippen molar-refractivity contribution in [2.75, 3.05) is 67.9 Å². The van der Waals surface area contributed by atoms with Crippen LogP contribution in [0.5, 0.6) is 0 Å². The quantitative estimate of drug-likeness (QED) is 0.0828. The highest BCUT2D eigenvalue weighted by Gasteiger charge is 2.39. The van der Waals surface area contributed by atoms with Crippen molar-refractivity contribution in [2.24, 2.45) is 11.1 Å². The Balaban J connectivity index is 0.717. The van der Waals surface area contributed by atoms with Crippen LogP contribution < -0.4 is 26.6 Å². The predicted octanol–water partition coefficient (Wildman–Crippen LogP) is 5.84. The molecule has 3 fully saturated rings. The molecule has 1 aromatic heterocycles. The van der Waals surface area contributed by atoms with Gasteiger partial charge in [-0.3, -0.25) is 39.0 Å². The zero-order valence-electron chi connectivity index (χ0n) is 37.2. The van der Waals surface area contributed by atoms with Crippen molar-refractivity contribution in [3.63, 3.8) is 0 Å². The van der Waals surface area contributed by atoms with Gasteiger partial charge in [-0.25, -0.2) is 9.97 Å². The summed E-state index contributed by atoms with van der Waals surface area (Å²) in [5.74, 6) is -0.524. The molecule has 4 aliphatic rings.